The van der Waals surface area contributed by atoms with Gasteiger partial charge in [0.1, 0.15) is 0 Å². The number of amides is 1. The summed E-state index contributed by atoms with van der Waals surface area (Å²) in [5, 5.41) is 4.11. The van der Waals surface area contributed by atoms with Gasteiger partial charge in [-0.2, -0.15) is 0 Å². The van der Waals surface area contributed by atoms with Crippen molar-refractivity contribution in [1.82, 2.24) is 10.2 Å². The highest BCUT2D eigenvalue weighted by atomic mass is 35.5. The van der Waals surface area contributed by atoms with Gasteiger partial charge in [0.2, 0.25) is 5.91 Å². The molecule has 0 aliphatic rings. The molecule has 2 aromatic carbocycles. The molecule has 5 heteroatoms. The van der Waals surface area contributed by atoms with Crippen LogP contribution in [0, 0.1) is 0 Å². The molecule has 0 bridgehead atoms. The zero-order chi connectivity index (χ0) is 18.4. The van der Waals surface area contributed by atoms with Crippen LogP contribution < -0.4 is 5.32 Å². The molecule has 134 valence electrons. The largest absolute Gasteiger partial charge is 0.351 e. The van der Waals surface area contributed by atoms with E-state index < -0.39 is 0 Å². The van der Waals surface area contributed by atoms with E-state index >= 15 is 0 Å². The van der Waals surface area contributed by atoms with E-state index in [1.54, 1.807) is 6.07 Å². The molecule has 25 heavy (non-hydrogen) atoms. The van der Waals surface area contributed by atoms with Crippen molar-refractivity contribution < 1.29 is 4.79 Å². The summed E-state index contributed by atoms with van der Waals surface area (Å²) in [7, 11) is 3.87. The van der Waals surface area contributed by atoms with Gasteiger partial charge < -0.3 is 5.32 Å². The summed E-state index contributed by atoms with van der Waals surface area (Å²) in [4.78, 5) is 14.3. The van der Waals surface area contributed by atoms with E-state index in [0.717, 1.165) is 29.5 Å². The molecule has 0 spiro atoms. The molecule has 0 aliphatic carbocycles. The molecule has 1 atom stereocenters. The summed E-state index contributed by atoms with van der Waals surface area (Å²) in [6.07, 6.45) is 1.84. The van der Waals surface area contributed by atoms with Crippen molar-refractivity contribution in [1.29, 1.82) is 0 Å². The molecule has 2 aromatic rings. The van der Waals surface area contributed by atoms with Crippen molar-refractivity contribution in [2.45, 2.75) is 32.4 Å². The van der Waals surface area contributed by atoms with Gasteiger partial charge in [-0.05, 0) is 49.3 Å². The second kappa shape index (κ2) is 9.23. The summed E-state index contributed by atoms with van der Waals surface area (Å²) >= 11 is 12.0. The first-order valence-electron chi connectivity index (χ1n) is 8.41. The third-order valence-electron chi connectivity index (χ3n) is 4.16. The first-order chi connectivity index (χ1) is 11.9. The van der Waals surface area contributed by atoms with Crippen molar-refractivity contribution in [3.05, 3.63) is 58.1 Å². The van der Waals surface area contributed by atoms with Crippen LogP contribution in [-0.4, -0.2) is 30.9 Å². The number of nitrogens with one attached hydrogen (secondary N) is 1. The number of benzene rings is 2. The molecule has 1 N–H and O–H groups in total. The lowest BCUT2D eigenvalue weighted by Crippen LogP contribution is -2.43. The number of carbonyl (C=O) groups excluding carboxylic acids is 1. The van der Waals surface area contributed by atoms with Gasteiger partial charge in [-0.3, -0.25) is 9.69 Å². The Bertz CT molecular complexity index is 714. The van der Waals surface area contributed by atoms with E-state index in [-0.39, 0.29) is 11.9 Å². The highest BCUT2D eigenvalue weighted by Crippen LogP contribution is 2.28. The van der Waals surface area contributed by atoms with Crippen LogP contribution in [0.2, 0.25) is 10.0 Å². The standard InChI is InChI=1S/C20H24Cl2N2O/c1-4-5-19(24(2)3)20(25)23-13-14-6-8-15(9-7-14)16-10-11-17(21)18(22)12-16/h6-12,19H,4-5,13H2,1-3H3,(H,23,25). The molecule has 1 amide bonds. The Hall–Kier alpha value is -1.55. The number of carbonyl (C=O) groups is 1. The lowest BCUT2D eigenvalue weighted by Gasteiger charge is -2.22. The summed E-state index contributed by atoms with van der Waals surface area (Å²) < 4.78 is 0. The Balaban J connectivity index is 2.00. The van der Waals surface area contributed by atoms with Crippen molar-refractivity contribution in [3.8, 4) is 11.1 Å². The predicted octanol–water partition coefficient (Wildman–Crippen LogP) is 5.01. The minimum Gasteiger partial charge on any atom is -0.351 e. The maximum Gasteiger partial charge on any atom is 0.237 e. The van der Waals surface area contributed by atoms with Gasteiger partial charge in [0.25, 0.3) is 0 Å². The summed E-state index contributed by atoms with van der Waals surface area (Å²) in [5.41, 5.74) is 3.14. The van der Waals surface area contributed by atoms with Gasteiger partial charge in [0, 0.05) is 6.54 Å². The average Bonchev–Trinajstić information content (AvgIpc) is 2.60. The van der Waals surface area contributed by atoms with E-state index in [1.807, 2.05) is 55.4 Å². The minimum atomic E-state index is -0.0829. The van der Waals surface area contributed by atoms with E-state index in [0.29, 0.717) is 16.6 Å². The van der Waals surface area contributed by atoms with E-state index in [2.05, 4.69) is 12.2 Å². The molecule has 0 radical (unpaired) electrons. The summed E-state index contributed by atoms with van der Waals surface area (Å²) in [5.74, 6) is 0.0698. The zero-order valence-electron chi connectivity index (χ0n) is 14.9. The number of rotatable bonds is 7. The number of hydrogen-bond acceptors (Lipinski definition) is 2. The van der Waals surface area contributed by atoms with Crippen molar-refractivity contribution in [2.75, 3.05) is 14.1 Å². The Morgan fingerprint density at radius 1 is 1.04 bits per heavy atom. The van der Waals surface area contributed by atoms with Crippen LogP contribution in [0.15, 0.2) is 42.5 Å². The molecule has 2 rings (SSSR count). The molecule has 0 saturated carbocycles. The number of likely N-dealkylation sites (N-methyl/N-ethyl adjacent to an activating group) is 1. The zero-order valence-corrected chi connectivity index (χ0v) is 16.4. The lowest BCUT2D eigenvalue weighted by atomic mass is 10.0. The maximum absolute atomic E-state index is 12.3. The van der Waals surface area contributed by atoms with Crippen molar-refractivity contribution in [2.24, 2.45) is 0 Å². The maximum atomic E-state index is 12.3. The fourth-order valence-electron chi connectivity index (χ4n) is 2.69. The third kappa shape index (κ3) is 5.46. The minimum absolute atomic E-state index is 0.0698. The molecule has 0 saturated heterocycles. The van der Waals surface area contributed by atoms with Crippen LogP contribution in [0.3, 0.4) is 0 Å². The van der Waals surface area contributed by atoms with E-state index in [9.17, 15) is 4.79 Å². The monoisotopic (exact) mass is 378 g/mol. The third-order valence-corrected chi connectivity index (χ3v) is 4.90. The van der Waals surface area contributed by atoms with Gasteiger partial charge in [0.05, 0.1) is 16.1 Å². The Kier molecular flexibility index (Phi) is 7.30. The number of hydrogen-bond donors (Lipinski definition) is 1. The molecule has 0 aliphatic heterocycles. The second-order valence-electron chi connectivity index (χ2n) is 6.31. The van der Waals surface area contributed by atoms with Crippen molar-refractivity contribution in [3.63, 3.8) is 0 Å². The van der Waals surface area contributed by atoms with Gasteiger partial charge in [-0.25, -0.2) is 0 Å². The Morgan fingerprint density at radius 3 is 2.24 bits per heavy atom. The topological polar surface area (TPSA) is 32.3 Å². The first-order valence-corrected chi connectivity index (χ1v) is 9.16. The highest BCUT2D eigenvalue weighted by molar-refractivity contribution is 6.42. The molecular formula is C20H24Cl2N2O. The van der Waals surface area contributed by atoms with Gasteiger partial charge >= 0.3 is 0 Å². The predicted molar refractivity (Wildman–Crippen MR) is 106 cm³/mol. The van der Waals surface area contributed by atoms with E-state index in [4.69, 9.17) is 23.2 Å². The molecule has 1 unspecified atom stereocenters. The molecule has 3 nitrogen and oxygen atoms in total. The highest BCUT2D eigenvalue weighted by Gasteiger charge is 2.19. The van der Waals surface area contributed by atoms with Crippen LogP contribution in [0.1, 0.15) is 25.3 Å². The Morgan fingerprint density at radius 2 is 1.68 bits per heavy atom. The van der Waals surface area contributed by atoms with Gasteiger partial charge in [-0.1, -0.05) is 66.9 Å². The smallest absolute Gasteiger partial charge is 0.237 e. The Labute approximate surface area is 159 Å². The van der Waals surface area contributed by atoms with Crippen LogP contribution >= 0.6 is 23.2 Å². The van der Waals surface area contributed by atoms with Crippen LogP contribution in [0.5, 0.6) is 0 Å². The summed E-state index contributed by atoms with van der Waals surface area (Å²) in [6, 6.07) is 13.6. The normalized spacial score (nSPS) is 12.2. The van der Waals surface area contributed by atoms with Gasteiger partial charge in [0.15, 0.2) is 0 Å². The molecule has 0 aromatic heterocycles. The number of nitrogens with zero attached hydrogens (tertiary/aromatic N) is 1. The second-order valence-corrected chi connectivity index (χ2v) is 7.13. The van der Waals surface area contributed by atoms with Crippen LogP contribution in [0.25, 0.3) is 11.1 Å². The molecule has 0 fully saturated rings. The van der Waals surface area contributed by atoms with Crippen LogP contribution in [0.4, 0.5) is 0 Å². The first kappa shape index (κ1) is 19.8. The molecular weight excluding hydrogens is 355 g/mol. The molecule has 0 heterocycles. The lowest BCUT2D eigenvalue weighted by molar-refractivity contribution is -0.125. The average molecular weight is 379 g/mol. The fourth-order valence-corrected chi connectivity index (χ4v) is 2.99. The fraction of sp³-hybridized carbons (Fsp3) is 0.350. The quantitative estimate of drug-likeness (QED) is 0.734. The number of halogens is 2. The van der Waals surface area contributed by atoms with Crippen LogP contribution in [-0.2, 0) is 11.3 Å². The SMILES string of the molecule is CCCC(C(=O)NCc1ccc(-c2ccc(Cl)c(Cl)c2)cc1)N(C)C. The van der Waals surface area contributed by atoms with Crippen molar-refractivity contribution >= 4 is 29.1 Å². The van der Waals surface area contributed by atoms with Gasteiger partial charge in [-0.15, -0.1) is 0 Å². The summed E-state index contributed by atoms with van der Waals surface area (Å²) in [6.45, 7) is 2.61. The van der Waals surface area contributed by atoms with E-state index in [1.165, 1.54) is 0 Å².